The van der Waals surface area contributed by atoms with Crippen molar-refractivity contribution < 1.29 is 0 Å². The number of aliphatic imine (C=N–C) groups is 2. The van der Waals surface area contributed by atoms with Crippen LogP contribution in [0.1, 0.15) is 27.7 Å². The highest BCUT2D eigenvalue weighted by Gasteiger charge is 1.94. The first kappa shape index (κ1) is 19.7. The van der Waals surface area contributed by atoms with Crippen molar-refractivity contribution in [2.24, 2.45) is 33.3 Å². The molecule has 92 valence electrons. The molecule has 4 nitrogen and oxygen atoms in total. The molecule has 0 radical (unpaired) electrons. The monoisotopic (exact) mass is 236 g/mol. The molecule has 0 atom stereocenters. The SMILES string of the molecule is CN=C(N)C(C)C.CN=C(N)C(C)C.Cl. The second-order valence-electron chi connectivity index (χ2n) is 3.61. The Bertz CT molecular complexity index is 176. The fourth-order valence-electron chi connectivity index (χ4n) is 0.516. The van der Waals surface area contributed by atoms with E-state index in [0.29, 0.717) is 11.8 Å². The van der Waals surface area contributed by atoms with E-state index >= 15 is 0 Å². The molecular formula is C10H25ClN4. The zero-order valence-electron chi connectivity index (χ0n) is 10.6. The minimum Gasteiger partial charge on any atom is -0.387 e. The van der Waals surface area contributed by atoms with Gasteiger partial charge in [0.25, 0.3) is 0 Å². The van der Waals surface area contributed by atoms with Crippen LogP contribution in [-0.2, 0) is 0 Å². The van der Waals surface area contributed by atoms with Crippen LogP contribution in [0, 0.1) is 11.8 Å². The van der Waals surface area contributed by atoms with Gasteiger partial charge in [-0.15, -0.1) is 12.4 Å². The van der Waals surface area contributed by atoms with E-state index in [1.807, 2.05) is 27.7 Å². The number of rotatable bonds is 2. The zero-order valence-corrected chi connectivity index (χ0v) is 11.4. The molecule has 0 aromatic heterocycles. The molecule has 0 aliphatic rings. The predicted molar refractivity (Wildman–Crippen MR) is 72.0 cm³/mol. The lowest BCUT2D eigenvalue weighted by Gasteiger charge is -1.98. The molecule has 0 saturated heterocycles. The first-order valence-corrected chi connectivity index (χ1v) is 4.81. The molecule has 0 saturated carbocycles. The van der Waals surface area contributed by atoms with Gasteiger partial charge in [0.2, 0.25) is 0 Å². The first-order valence-electron chi connectivity index (χ1n) is 4.81. The minimum absolute atomic E-state index is 0. The average Bonchev–Trinajstić information content (AvgIpc) is 2.15. The molecule has 0 aromatic rings. The van der Waals surface area contributed by atoms with E-state index in [9.17, 15) is 0 Å². The van der Waals surface area contributed by atoms with Crippen LogP contribution in [0.5, 0.6) is 0 Å². The lowest BCUT2D eigenvalue weighted by Crippen LogP contribution is -2.17. The van der Waals surface area contributed by atoms with E-state index in [1.54, 1.807) is 14.1 Å². The van der Waals surface area contributed by atoms with Crippen molar-refractivity contribution in [3.8, 4) is 0 Å². The number of amidine groups is 2. The summed E-state index contributed by atoms with van der Waals surface area (Å²) < 4.78 is 0. The standard InChI is InChI=1S/2C5H12N2.ClH/c2*1-4(2)5(6)7-3;/h2*4H,1-3H3,(H2,6,7);1H. The van der Waals surface area contributed by atoms with Crippen LogP contribution in [0.2, 0.25) is 0 Å². The lowest BCUT2D eigenvalue weighted by molar-refractivity contribution is 0.869. The van der Waals surface area contributed by atoms with Crippen molar-refractivity contribution >= 4 is 24.1 Å². The molecule has 0 amide bonds. The van der Waals surface area contributed by atoms with Crippen LogP contribution in [0.3, 0.4) is 0 Å². The summed E-state index contributed by atoms with van der Waals surface area (Å²) in [5.41, 5.74) is 10.7. The Balaban J connectivity index is -0.000000180. The van der Waals surface area contributed by atoms with Crippen molar-refractivity contribution in [1.29, 1.82) is 0 Å². The minimum atomic E-state index is 0. The van der Waals surface area contributed by atoms with Crippen LogP contribution in [0.4, 0.5) is 0 Å². The van der Waals surface area contributed by atoms with E-state index in [1.165, 1.54) is 0 Å². The Hall–Kier alpha value is -0.770. The summed E-state index contributed by atoms with van der Waals surface area (Å²) >= 11 is 0. The van der Waals surface area contributed by atoms with Crippen molar-refractivity contribution in [3.63, 3.8) is 0 Å². The van der Waals surface area contributed by atoms with Gasteiger partial charge < -0.3 is 11.5 Å². The van der Waals surface area contributed by atoms with E-state index in [0.717, 1.165) is 11.7 Å². The van der Waals surface area contributed by atoms with Crippen molar-refractivity contribution in [1.82, 2.24) is 0 Å². The molecule has 0 bridgehead atoms. The largest absolute Gasteiger partial charge is 0.387 e. The zero-order chi connectivity index (χ0) is 11.7. The molecule has 0 aromatic carbocycles. The third-order valence-corrected chi connectivity index (χ3v) is 1.70. The van der Waals surface area contributed by atoms with E-state index in [2.05, 4.69) is 9.98 Å². The summed E-state index contributed by atoms with van der Waals surface area (Å²) in [6.45, 7) is 8.06. The molecule has 0 rings (SSSR count). The number of halogens is 1. The maximum Gasteiger partial charge on any atom is 0.0959 e. The summed E-state index contributed by atoms with van der Waals surface area (Å²) in [6, 6.07) is 0. The van der Waals surface area contributed by atoms with Gasteiger partial charge in [0.15, 0.2) is 0 Å². The quantitative estimate of drug-likeness (QED) is 0.565. The van der Waals surface area contributed by atoms with Gasteiger partial charge in [-0.2, -0.15) is 0 Å². The number of hydrogen-bond donors (Lipinski definition) is 2. The van der Waals surface area contributed by atoms with Crippen LogP contribution in [-0.4, -0.2) is 25.8 Å². The average molecular weight is 237 g/mol. The van der Waals surface area contributed by atoms with Crippen molar-refractivity contribution in [2.75, 3.05) is 14.1 Å². The fraction of sp³-hybridized carbons (Fsp3) is 0.800. The van der Waals surface area contributed by atoms with Gasteiger partial charge in [0.1, 0.15) is 0 Å². The van der Waals surface area contributed by atoms with Gasteiger partial charge in [-0.3, -0.25) is 9.98 Å². The summed E-state index contributed by atoms with van der Waals surface area (Å²) in [7, 11) is 3.41. The van der Waals surface area contributed by atoms with Gasteiger partial charge in [-0.25, -0.2) is 0 Å². The number of nitrogens with zero attached hydrogens (tertiary/aromatic N) is 2. The summed E-state index contributed by atoms with van der Waals surface area (Å²) in [6.07, 6.45) is 0. The van der Waals surface area contributed by atoms with E-state index < -0.39 is 0 Å². The highest BCUT2D eigenvalue weighted by Crippen LogP contribution is 1.88. The van der Waals surface area contributed by atoms with E-state index in [4.69, 9.17) is 11.5 Å². The van der Waals surface area contributed by atoms with Crippen molar-refractivity contribution in [3.05, 3.63) is 0 Å². The van der Waals surface area contributed by atoms with Gasteiger partial charge in [-0.05, 0) is 0 Å². The molecule has 0 aliphatic heterocycles. The summed E-state index contributed by atoms with van der Waals surface area (Å²) in [5.74, 6) is 2.23. The van der Waals surface area contributed by atoms with Crippen LogP contribution in [0.25, 0.3) is 0 Å². The Morgan fingerprint density at radius 3 is 1.00 bits per heavy atom. The molecule has 0 aliphatic carbocycles. The normalized spacial score (nSPS) is 12.0. The van der Waals surface area contributed by atoms with E-state index in [-0.39, 0.29) is 12.4 Å². The van der Waals surface area contributed by atoms with Crippen LogP contribution < -0.4 is 11.5 Å². The third kappa shape index (κ3) is 13.2. The molecule has 15 heavy (non-hydrogen) atoms. The molecular weight excluding hydrogens is 212 g/mol. The topological polar surface area (TPSA) is 76.8 Å². The molecule has 0 heterocycles. The van der Waals surface area contributed by atoms with Gasteiger partial charge in [0.05, 0.1) is 11.7 Å². The number of hydrogen-bond acceptors (Lipinski definition) is 2. The third-order valence-electron chi connectivity index (χ3n) is 1.70. The maximum atomic E-state index is 5.37. The molecule has 5 heteroatoms. The Morgan fingerprint density at radius 2 is 1.00 bits per heavy atom. The highest BCUT2D eigenvalue weighted by molar-refractivity contribution is 5.85. The van der Waals surface area contributed by atoms with Gasteiger partial charge >= 0.3 is 0 Å². The smallest absolute Gasteiger partial charge is 0.0959 e. The molecule has 4 N–H and O–H groups in total. The Kier molecular flexibility index (Phi) is 14.9. The maximum absolute atomic E-state index is 5.37. The highest BCUT2D eigenvalue weighted by atomic mass is 35.5. The Labute approximate surface area is 99.7 Å². The lowest BCUT2D eigenvalue weighted by atomic mass is 10.2. The van der Waals surface area contributed by atoms with Gasteiger partial charge in [-0.1, -0.05) is 27.7 Å². The second-order valence-corrected chi connectivity index (χ2v) is 3.61. The fourth-order valence-corrected chi connectivity index (χ4v) is 0.516. The van der Waals surface area contributed by atoms with Gasteiger partial charge in [0, 0.05) is 25.9 Å². The molecule has 0 fully saturated rings. The second kappa shape index (κ2) is 11.3. The predicted octanol–water partition coefficient (Wildman–Crippen LogP) is 1.68. The van der Waals surface area contributed by atoms with Crippen molar-refractivity contribution in [2.45, 2.75) is 27.7 Å². The molecule has 0 unspecified atom stereocenters. The molecule has 0 spiro atoms. The number of nitrogens with two attached hydrogens (primary N) is 2. The Morgan fingerprint density at radius 1 is 0.800 bits per heavy atom. The van der Waals surface area contributed by atoms with Crippen LogP contribution in [0.15, 0.2) is 9.98 Å². The first-order chi connectivity index (χ1) is 6.36. The summed E-state index contributed by atoms with van der Waals surface area (Å²) in [5, 5.41) is 0. The van der Waals surface area contributed by atoms with Crippen LogP contribution >= 0.6 is 12.4 Å². The summed E-state index contributed by atoms with van der Waals surface area (Å²) in [4.78, 5) is 7.56.